The van der Waals surface area contributed by atoms with Gasteiger partial charge in [0, 0.05) is 21.5 Å². The maximum Gasteiger partial charge on any atom is 0.228 e. The summed E-state index contributed by atoms with van der Waals surface area (Å²) in [5.41, 5.74) is 4.18. The molecule has 1 heterocycles. The molecular formula is C16H16Cl2N2O2S. The van der Waals surface area contributed by atoms with Gasteiger partial charge in [-0.25, -0.2) is 4.98 Å². The molecule has 1 atom stereocenters. The number of carbonyl (C=O) groups is 1. The van der Waals surface area contributed by atoms with Crippen LogP contribution in [-0.2, 0) is 24.4 Å². The third-order valence-corrected chi connectivity index (χ3v) is 5.61. The van der Waals surface area contributed by atoms with Crippen LogP contribution in [0.3, 0.4) is 0 Å². The van der Waals surface area contributed by atoms with E-state index >= 15 is 0 Å². The van der Waals surface area contributed by atoms with E-state index < -0.39 is 0 Å². The average Bonchev–Trinajstić information content (AvgIpc) is 3.01. The van der Waals surface area contributed by atoms with Crippen LogP contribution in [0.25, 0.3) is 0 Å². The Balaban J connectivity index is 1.74. The molecule has 122 valence electrons. The van der Waals surface area contributed by atoms with Gasteiger partial charge in [0.05, 0.1) is 23.7 Å². The van der Waals surface area contributed by atoms with E-state index in [9.17, 15) is 9.90 Å². The van der Waals surface area contributed by atoms with Gasteiger partial charge in [0.1, 0.15) is 0 Å². The number of nitrogens with one attached hydrogen (secondary N) is 1. The van der Waals surface area contributed by atoms with Crippen LogP contribution < -0.4 is 5.32 Å². The summed E-state index contributed by atoms with van der Waals surface area (Å²) in [6.45, 7) is 0.100. The van der Waals surface area contributed by atoms with Crippen molar-refractivity contribution in [1.29, 1.82) is 0 Å². The minimum Gasteiger partial charge on any atom is -0.392 e. The van der Waals surface area contributed by atoms with Gasteiger partial charge >= 0.3 is 0 Å². The van der Waals surface area contributed by atoms with E-state index in [1.807, 2.05) is 0 Å². The Morgan fingerprint density at radius 3 is 3.04 bits per heavy atom. The summed E-state index contributed by atoms with van der Waals surface area (Å²) in [5, 5.41) is 13.3. The Bertz CT molecular complexity index is 733. The number of fused-ring (bicyclic) bond motifs is 1. The minimum atomic E-state index is -0.173. The number of benzene rings is 1. The van der Waals surface area contributed by atoms with Gasteiger partial charge in [0.15, 0.2) is 0 Å². The molecule has 2 aromatic rings. The van der Waals surface area contributed by atoms with E-state index in [0.717, 1.165) is 29.8 Å². The number of nitrogens with zero attached hydrogens (tertiary/aromatic N) is 1. The molecule has 1 aliphatic carbocycles. The fourth-order valence-electron chi connectivity index (χ4n) is 2.90. The van der Waals surface area contributed by atoms with E-state index in [0.29, 0.717) is 21.2 Å². The molecule has 2 N–H and O–H groups in total. The Morgan fingerprint density at radius 2 is 2.26 bits per heavy atom. The van der Waals surface area contributed by atoms with Gasteiger partial charge in [-0.05, 0) is 42.5 Å². The molecule has 7 heteroatoms. The topological polar surface area (TPSA) is 62.2 Å². The molecule has 1 unspecified atom stereocenters. The fraction of sp³-hybridized carbons (Fsp3) is 0.375. The van der Waals surface area contributed by atoms with Crippen molar-refractivity contribution in [3.63, 3.8) is 0 Å². The maximum absolute atomic E-state index is 12.5. The highest BCUT2D eigenvalue weighted by molar-refractivity contribution is 7.10. The van der Waals surface area contributed by atoms with Crippen LogP contribution in [0, 0.1) is 0 Å². The molecule has 1 aliphatic rings. The van der Waals surface area contributed by atoms with Crippen molar-refractivity contribution < 1.29 is 9.90 Å². The van der Waals surface area contributed by atoms with Crippen molar-refractivity contribution in [2.24, 2.45) is 0 Å². The molecule has 23 heavy (non-hydrogen) atoms. The van der Waals surface area contributed by atoms with Crippen LogP contribution >= 0.6 is 34.5 Å². The highest BCUT2D eigenvalue weighted by atomic mass is 35.5. The van der Waals surface area contributed by atoms with Crippen LogP contribution in [0.5, 0.6) is 0 Å². The number of hydrogen-bond donors (Lipinski definition) is 2. The summed E-state index contributed by atoms with van der Waals surface area (Å²) in [6, 6.07) is 3.28. The number of aryl methyl sites for hydroxylation is 1. The largest absolute Gasteiger partial charge is 0.392 e. The van der Waals surface area contributed by atoms with Gasteiger partial charge in [0.2, 0.25) is 5.91 Å². The van der Waals surface area contributed by atoms with E-state index in [4.69, 9.17) is 23.2 Å². The summed E-state index contributed by atoms with van der Waals surface area (Å²) >= 11 is 13.7. The highest BCUT2D eigenvalue weighted by Crippen LogP contribution is 2.34. The van der Waals surface area contributed by atoms with E-state index in [-0.39, 0.29) is 25.0 Å². The smallest absolute Gasteiger partial charge is 0.228 e. The Morgan fingerprint density at radius 1 is 1.43 bits per heavy atom. The summed E-state index contributed by atoms with van der Waals surface area (Å²) in [7, 11) is 0. The zero-order valence-corrected chi connectivity index (χ0v) is 14.6. The number of aromatic nitrogens is 1. The second-order valence-corrected chi connectivity index (χ2v) is 7.24. The number of rotatable bonds is 4. The summed E-state index contributed by atoms with van der Waals surface area (Å²) in [5.74, 6) is -0.167. The number of aliphatic hydroxyl groups excluding tert-OH is 1. The summed E-state index contributed by atoms with van der Waals surface area (Å²) < 4.78 is 0. The lowest BCUT2D eigenvalue weighted by Crippen LogP contribution is -2.31. The molecule has 0 bridgehead atoms. The zero-order valence-electron chi connectivity index (χ0n) is 12.3. The fourth-order valence-corrected chi connectivity index (χ4v) is 4.47. The minimum absolute atomic E-state index is 0.0230. The van der Waals surface area contributed by atoms with Crippen LogP contribution in [0.15, 0.2) is 17.6 Å². The van der Waals surface area contributed by atoms with Gasteiger partial charge in [-0.2, -0.15) is 0 Å². The SMILES string of the molecule is O=C(NCc1c(Cl)cc(Cl)cc1CO)C1CCCc2ncsc21. The number of hydrogen-bond acceptors (Lipinski definition) is 4. The molecule has 3 rings (SSSR count). The van der Waals surface area contributed by atoms with Gasteiger partial charge in [0.25, 0.3) is 0 Å². The predicted octanol–water partition coefficient (Wildman–Crippen LogP) is 3.68. The molecule has 0 aliphatic heterocycles. The first-order chi connectivity index (χ1) is 11.1. The summed E-state index contributed by atoms with van der Waals surface area (Å²) in [4.78, 5) is 17.9. The van der Waals surface area contributed by atoms with Crippen molar-refractivity contribution in [2.75, 3.05) is 0 Å². The van der Waals surface area contributed by atoms with Crippen LogP contribution in [-0.4, -0.2) is 16.0 Å². The quantitative estimate of drug-likeness (QED) is 0.862. The molecule has 1 aromatic carbocycles. The molecule has 1 aromatic heterocycles. The normalized spacial score (nSPS) is 16.9. The molecule has 0 fully saturated rings. The highest BCUT2D eigenvalue weighted by Gasteiger charge is 2.28. The first-order valence-electron chi connectivity index (χ1n) is 7.37. The van der Waals surface area contributed by atoms with Crippen molar-refractivity contribution in [3.05, 3.63) is 49.4 Å². The number of amides is 1. The van der Waals surface area contributed by atoms with E-state index in [1.54, 1.807) is 29.0 Å². The Hall–Kier alpha value is -1.14. The monoisotopic (exact) mass is 370 g/mol. The molecule has 0 spiro atoms. The number of thiazole rings is 1. The van der Waals surface area contributed by atoms with Crippen molar-refractivity contribution in [3.8, 4) is 0 Å². The summed E-state index contributed by atoms with van der Waals surface area (Å²) in [6.07, 6.45) is 2.75. The van der Waals surface area contributed by atoms with Crippen molar-refractivity contribution >= 4 is 40.4 Å². The molecule has 0 saturated heterocycles. The third-order valence-electron chi connectivity index (χ3n) is 4.07. The second-order valence-electron chi connectivity index (χ2n) is 5.51. The molecular weight excluding hydrogens is 355 g/mol. The van der Waals surface area contributed by atoms with E-state index in [2.05, 4.69) is 10.3 Å². The van der Waals surface area contributed by atoms with Gasteiger partial charge in [-0.3, -0.25) is 4.79 Å². The Kier molecular flexibility index (Phi) is 5.21. The van der Waals surface area contributed by atoms with Gasteiger partial charge in [-0.1, -0.05) is 23.2 Å². The maximum atomic E-state index is 12.5. The Labute approximate surface area is 148 Å². The number of halogens is 2. The molecule has 1 amide bonds. The predicted molar refractivity (Wildman–Crippen MR) is 92.0 cm³/mol. The second kappa shape index (κ2) is 7.18. The van der Waals surface area contributed by atoms with E-state index in [1.165, 1.54) is 0 Å². The van der Waals surface area contributed by atoms with Crippen LogP contribution in [0.1, 0.15) is 40.5 Å². The number of aliphatic hydroxyl groups is 1. The van der Waals surface area contributed by atoms with Crippen molar-refractivity contribution in [1.82, 2.24) is 10.3 Å². The lowest BCUT2D eigenvalue weighted by molar-refractivity contribution is -0.123. The molecule has 4 nitrogen and oxygen atoms in total. The number of carbonyl (C=O) groups excluding carboxylic acids is 1. The lowest BCUT2D eigenvalue weighted by atomic mass is 9.91. The molecule has 0 saturated carbocycles. The lowest BCUT2D eigenvalue weighted by Gasteiger charge is -2.21. The average molecular weight is 371 g/mol. The van der Waals surface area contributed by atoms with Crippen LogP contribution in [0.4, 0.5) is 0 Å². The van der Waals surface area contributed by atoms with Gasteiger partial charge in [-0.15, -0.1) is 11.3 Å². The first kappa shape index (κ1) is 16.7. The zero-order chi connectivity index (χ0) is 16.4. The standard InChI is InChI=1S/C16H16Cl2N2O2S/c17-10-4-9(7-21)12(13(18)5-10)6-19-16(22)11-2-1-3-14-15(11)23-8-20-14/h4-5,8,11,21H,1-3,6-7H2,(H,19,22). The van der Waals surface area contributed by atoms with Crippen molar-refractivity contribution in [2.45, 2.75) is 38.3 Å². The van der Waals surface area contributed by atoms with Crippen LogP contribution in [0.2, 0.25) is 10.0 Å². The third kappa shape index (κ3) is 3.53. The molecule has 0 radical (unpaired) electrons. The first-order valence-corrected chi connectivity index (χ1v) is 9.01. The van der Waals surface area contributed by atoms with Gasteiger partial charge < -0.3 is 10.4 Å².